The quantitative estimate of drug-likeness (QED) is 0.436. The van der Waals surface area contributed by atoms with Crippen LogP contribution in [0, 0.1) is 6.92 Å². The van der Waals surface area contributed by atoms with Gasteiger partial charge in [0.05, 0.1) is 0 Å². The third-order valence-corrected chi connectivity index (χ3v) is 7.46. The molecule has 0 unspecified atom stereocenters. The molecule has 2 saturated heterocycles. The number of hydrogen-bond acceptors (Lipinski definition) is 7. The van der Waals surface area contributed by atoms with E-state index in [1.165, 1.54) is 0 Å². The first-order valence-corrected chi connectivity index (χ1v) is 13.6. The summed E-state index contributed by atoms with van der Waals surface area (Å²) in [4.78, 5) is 34.2. The van der Waals surface area contributed by atoms with Gasteiger partial charge in [0.15, 0.2) is 0 Å². The molecule has 2 aliphatic heterocycles. The molecular weight excluding hydrogens is 480 g/mol. The summed E-state index contributed by atoms with van der Waals surface area (Å²) in [5.74, 6) is 0.0715. The van der Waals surface area contributed by atoms with Gasteiger partial charge in [-0.15, -0.1) is 0 Å². The Morgan fingerprint density at radius 1 is 1.21 bits per heavy atom. The standard InChI is InChI=1S/C29H40N6O3/c1-4-35(24-8-14-38-15-9-24)26-17-23(16-25(21(26)3)29(37)33-18-20(2)28(30)36)22-6-7-27(32-19-22)34-12-5-10-31-11-13-34/h6-7,16-17,19,24,31H,2,4-5,8-15,18H2,1,3H3,(H2,30,36)(H,33,37). The molecule has 2 aliphatic rings. The van der Waals surface area contributed by atoms with Crippen LogP contribution in [0.4, 0.5) is 11.5 Å². The molecule has 0 bridgehead atoms. The molecule has 0 radical (unpaired) electrons. The van der Waals surface area contributed by atoms with Crippen molar-refractivity contribution >= 4 is 23.3 Å². The van der Waals surface area contributed by atoms with Crippen molar-refractivity contribution in [1.82, 2.24) is 15.6 Å². The molecule has 1 aromatic carbocycles. The topological polar surface area (TPSA) is 113 Å². The summed E-state index contributed by atoms with van der Waals surface area (Å²) >= 11 is 0. The number of nitrogens with two attached hydrogens (primary N) is 1. The van der Waals surface area contributed by atoms with E-state index in [1.54, 1.807) is 0 Å². The molecule has 0 aliphatic carbocycles. The van der Waals surface area contributed by atoms with Crippen molar-refractivity contribution in [3.63, 3.8) is 0 Å². The predicted molar refractivity (Wildman–Crippen MR) is 152 cm³/mol. The predicted octanol–water partition coefficient (Wildman–Crippen LogP) is 2.63. The number of primary amides is 1. The van der Waals surface area contributed by atoms with Gasteiger partial charge in [0.2, 0.25) is 5.91 Å². The van der Waals surface area contributed by atoms with Crippen LogP contribution in [-0.4, -0.2) is 75.3 Å². The minimum atomic E-state index is -0.625. The maximum absolute atomic E-state index is 13.3. The molecule has 9 heteroatoms. The van der Waals surface area contributed by atoms with E-state index < -0.39 is 5.91 Å². The van der Waals surface area contributed by atoms with Crippen LogP contribution in [0.15, 0.2) is 42.6 Å². The number of rotatable bonds is 9. The number of pyridine rings is 1. The van der Waals surface area contributed by atoms with Gasteiger partial charge in [-0.1, -0.05) is 6.58 Å². The van der Waals surface area contributed by atoms with E-state index in [4.69, 9.17) is 15.5 Å². The summed E-state index contributed by atoms with van der Waals surface area (Å²) in [6.07, 6.45) is 4.87. The Labute approximate surface area is 225 Å². The number of amides is 2. The summed E-state index contributed by atoms with van der Waals surface area (Å²) in [7, 11) is 0. The Morgan fingerprint density at radius 3 is 2.68 bits per heavy atom. The normalized spacial score (nSPS) is 16.5. The lowest BCUT2D eigenvalue weighted by molar-refractivity contribution is -0.114. The zero-order valence-corrected chi connectivity index (χ0v) is 22.6. The first-order chi connectivity index (χ1) is 18.4. The first kappa shape index (κ1) is 27.6. The third kappa shape index (κ3) is 6.52. The van der Waals surface area contributed by atoms with Crippen LogP contribution in [0.5, 0.6) is 0 Å². The highest BCUT2D eigenvalue weighted by atomic mass is 16.5. The maximum Gasteiger partial charge on any atom is 0.251 e. The number of ether oxygens (including phenoxy) is 1. The fourth-order valence-electron chi connectivity index (χ4n) is 5.21. The van der Waals surface area contributed by atoms with Gasteiger partial charge in [-0.3, -0.25) is 9.59 Å². The van der Waals surface area contributed by atoms with Crippen molar-refractivity contribution in [3.8, 4) is 11.1 Å². The minimum Gasteiger partial charge on any atom is -0.381 e. The van der Waals surface area contributed by atoms with Crippen molar-refractivity contribution in [2.45, 2.75) is 39.2 Å². The molecule has 0 saturated carbocycles. The molecule has 204 valence electrons. The molecule has 1 aromatic heterocycles. The number of benzene rings is 1. The lowest BCUT2D eigenvalue weighted by Gasteiger charge is -2.37. The van der Waals surface area contributed by atoms with Crippen LogP contribution >= 0.6 is 0 Å². The second-order valence-electron chi connectivity index (χ2n) is 9.94. The van der Waals surface area contributed by atoms with Gasteiger partial charge in [-0.25, -0.2) is 4.98 Å². The zero-order chi connectivity index (χ0) is 27.1. The average Bonchev–Trinajstić information content (AvgIpc) is 3.23. The lowest BCUT2D eigenvalue weighted by Crippen LogP contribution is -2.40. The molecule has 9 nitrogen and oxygen atoms in total. The van der Waals surface area contributed by atoms with Gasteiger partial charge in [0.25, 0.3) is 5.91 Å². The number of aromatic nitrogens is 1. The molecule has 2 aromatic rings. The molecule has 38 heavy (non-hydrogen) atoms. The van der Waals surface area contributed by atoms with Crippen molar-refractivity contribution in [1.29, 1.82) is 0 Å². The van der Waals surface area contributed by atoms with Crippen LogP contribution in [-0.2, 0) is 9.53 Å². The van der Waals surface area contributed by atoms with Crippen LogP contribution in [0.3, 0.4) is 0 Å². The third-order valence-electron chi connectivity index (χ3n) is 7.46. The second-order valence-corrected chi connectivity index (χ2v) is 9.94. The van der Waals surface area contributed by atoms with Gasteiger partial charge in [0.1, 0.15) is 5.82 Å². The summed E-state index contributed by atoms with van der Waals surface area (Å²) < 4.78 is 5.61. The largest absolute Gasteiger partial charge is 0.381 e. The van der Waals surface area contributed by atoms with Crippen molar-refractivity contribution in [2.75, 3.05) is 62.3 Å². The number of nitrogens with one attached hydrogen (secondary N) is 2. The fourth-order valence-corrected chi connectivity index (χ4v) is 5.21. The fraction of sp³-hybridized carbons (Fsp3) is 0.483. The summed E-state index contributed by atoms with van der Waals surface area (Å²) in [5, 5.41) is 6.24. The van der Waals surface area contributed by atoms with E-state index in [1.807, 2.05) is 19.2 Å². The number of anilines is 2. The SMILES string of the molecule is C=C(CNC(=O)c1cc(-c2ccc(N3CCCNCC3)nc2)cc(N(CC)C2CCOCC2)c1C)C(N)=O. The van der Waals surface area contributed by atoms with Crippen molar-refractivity contribution in [3.05, 3.63) is 53.7 Å². The van der Waals surface area contributed by atoms with Crippen LogP contribution in [0.2, 0.25) is 0 Å². The van der Waals surface area contributed by atoms with Crippen molar-refractivity contribution < 1.29 is 14.3 Å². The smallest absolute Gasteiger partial charge is 0.251 e. The number of hydrogen-bond donors (Lipinski definition) is 3. The Kier molecular flexibility index (Phi) is 9.36. The van der Waals surface area contributed by atoms with E-state index in [-0.39, 0.29) is 18.0 Å². The number of nitrogens with zero attached hydrogens (tertiary/aromatic N) is 3. The Hall–Kier alpha value is -3.43. The zero-order valence-electron chi connectivity index (χ0n) is 22.6. The molecule has 0 atom stereocenters. The Balaban J connectivity index is 1.69. The molecule has 4 N–H and O–H groups in total. The van der Waals surface area contributed by atoms with E-state index in [0.717, 1.165) is 93.4 Å². The Bertz CT molecular complexity index is 1140. The summed E-state index contributed by atoms with van der Waals surface area (Å²) in [5.41, 5.74) is 9.82. The number of carbonyl (C=O) groups is 2. The monoisotopic (exact) mass is 520 g/mol. The van der Waals surface area contributed by atoms with E-state index in [9.17, 15) is 9.59 Å². The highest BCUT2D eigenvalue weighted by Gasteiger charge is 2.25. The van der Waals surface area contributed by atoms with Gasteiger partial charge in [0, 0.05) is 80.6 Å². The molecule has 4 rings (SSSR count). The van der Waals surface area contributed by atoms with Crippen molar-refractivity contribution in [2.24, 2.45) is 5.73 Å². The second kappa shape index (κ2) is 12.9. The van der Waals surface area contributed by atoms with Gasteiger partial charge >= 0.3 is 0 Å². The average molecular weight is 521 g/mol. The molecule has 2 amide bonds. The molecular formula is C29H40N6O3. The molecule has 3 heterocycles. The van der Waals surface area contributed by atoms with E-state index in [0.29, 0.717) is 11.6 Å². The van der Waals surface area contributed by atoms with Crippen LogP contribution in [0.25, 0.3) is 11.1 Å². The minimum absolute atomic E-state index is 0.00552. The number of carbonyl (C=O) groups excluding carboxylic acids is 2. The summed E-state index contributed by atoms with van der Waals surface area (Å²) in [6.45, 7) is 14.0. The van der Waals surface area contributed by atoms with Gasteiger partial charge in [-0.05, 0) is 75.0 Å². The summed E-state index contributed by atoms with van der Waals surface area (Å²) in [6, 6.07) is 8.56. The molecule has 2 fully saturated rings. The van der Waals surface area contributed by atoms with E-state index >= 15 is 0 Å². The highest BCUT2D eigenvalue weighted by Crippen LogP contribution is 2.34. The molecule has 0 spiro atoms. The highest BCUT2D eigenvalue weighted by molar-refractivity contribution is 6.00. The van der Waals surface area contributed by atoms with Gasteiger partial charge in [-0.2, -0.15) is 0 Å². The van der Waals surface area contributed by atoms with E-state index in [2.05, 4.69) is 52.1 Å². The van der Waals surface area contributed by atoms with Crippen LogP contribution < -0.4 is 26.2 Å². The van der Waals surface area contributed by atoms with Gasteiger partial charge < -0.3 is 30.9 Å². The van der Waals surface area contributed by atoms with Crippen LogP contribution in [0.1, 0.15) is 42.1 Å². The lowest BCUT2D eigenvalue weighted by atomic mass is 9.95. The maximum atomic E-state index is 13.3. The Morgan fingerprint density at radius 2 is 2.00 bits per heavy atom. The first-order valence-electron chi connectivity index (χ1n) is 13.6.